The molecule has 1 aliphatic heterocycles. The average molecular weight is 444 g/mol. The molecule has 1 saturated heterocycles. The van der Waals surface area contributed by atoms with E-state index in [1.54, 1.807) is 0 Å². The number of anilines is 1. The maximum Gasteiger partial charge on any atom is 0.225 e. The molecule has 0 atom stereocenters. The highest BCUT2D eigenvalue weighted by molar-refractivity contribution is 5.44. The van der Waals surface area contributed by atoms with Gasteiger partial charge in [-0.15, -0.1) is 0 Å². The fraction of sp³-hybridized carbons (Fsp3) is 0.429. The number of aromatic nitrogens is 2. The van der Waals surface area contributed by atoms with E-state index in [0.29, 0.717) is 13.2 Å². The number of ether oxygens (including phenoxy) is 2. The second-order valence-corrected chi connectivity index (χ2v) is 9.99. The van der Waals surface area contributed by atoms with E-state index in [-0.39, 0.29) is 11.0 Å². The molecular weight excluding hydrogens is 410 g/mol. The highest BCUT2D eigenvalue weighted by Crippen LogP contribution is 2.49. The van der Waals surface area contributed by atoms with Crippen LogP contribution in [0.5, 0.6) is 5.75 Å². The Labute approximate surface area is 196 Å². The van der Waals surface area contributed by atoms with Crippen LogP contribution in [0.15, 0.2) is 60.8 Å². The Bertz CT molecular complexity index is 1090. The van der Waals surface area contributed by atoms with Crippen LogP contribution in [0.25, 0.3) is 0 Å². The minimum absolute atomic E-state index is 0.153. The summed E-state index contributed by atoms with van der Waals surface area (Å²) in [6.45, 7) is 9.04. The van der Waals surface area contributed by atoms with E-state index in [4.69, 9.17) is 14.5 Å². The molecule has 33 heavy (non-hydrogen) atoms. The zero-order chi connectivity index (χ0) is 22.9. The van der Waals surface area contributed by atoms with E-state index in [1.165, 1.54) is 36.0 Å². The Balaban J connectivity index is 1.25. The Kier molecular flexibility index (Phi) is 5.83. The summed E-state index contributed by atoms with van der Waals surface area (Å²) in [6.07, 6.45) is 5.51. The highest BCUT2D eigenvalue weighted by Gasteiger charge is 2.40. The van der Waals surface area contributed by atoms with Crippen LogP contribution in [0, 0.1) is 6.92 Å². The number of nitrogens with zero attached hydrogens (tertiary/aromatic N) is 3. The van der Waals surface area contributed by atoms with Gasteiger partial charge in [-0.1, -0.05) is 48.4 Å². The summed E-state index contributed by atoms with van der Waals surface area (Å²) in [5, 5.41) is 0. The molecule has 1 aromatic heterocycles. The SMILES string of the molecule is Cc1ccc(C2(c3ccc(OCc4ccnc(N5CCOC(C)(C)C5)n4)cc3)CCC2)cc1. The van der Waals surface area contributed by atoms with Crippen molar-refractivity contribution in [2.45, 2.75) is 57.7 Å². The zero-order valence-corrected chi connectivity index (χ0v) is 19.9. The van der Waals surface area contributed by atoms with Crippen LogP contribution in [0.1, 0.15) is 55.5 Å². The average Bonchev–Trinajstić information content (AvgIpc) is 2.79. The predicted molar refractivity (Wildman–Crippen MR) is 131 cm³/mol. The van der Waals surface area contributed by atoms with Crippen LogP contribution in [0.2, 0.25) is 0 Å². The predicted octanol–water partition coefficient (Wildman–Crippen LogP) is 5.45. The van der Waals surface area contributed by atoms with Gasteiger partial charge in [-0.05, 0) is 62.9 Å². The summed E-state index contributed by atoms with van der Waals surface area (Å²) in [5.41, 5.74) is 4.95. The molecule has 0 N–H and O–H groups in total. The van der Waals surface area contributed by atoms with Crippen LogP contribution in [0.3, 0.4) is 0 Å². The molecular formula is C28H33N3O2. The van der Waals surface area contributed by atoms with Gasteiger partial charge in [0.05, 0.1) is 17.9 Å². The number of aryl methyl sites for hydroxylation is 1. The van der Waals surface area contributed by atoms with Crippen molar-refractivity contribution in [2.75, 3.05) is 24.6 Å². The maximum atomic E-state index is 6.08. The van der Waals surface area contributed by atoms with Crippen LogP contribution in [-0.2, 0) is 16.8 Å². The Morgan fingerprint density at radius 2 is 1.67 bits per heavy atom. The van der Waals surface area contributed by atoms with Crippen LogP contribution >= 0.6 is 0 Å². The second kappa shape index (κ2) is 8.79. The van der Waals surface area contributed by atoms with Crippen molar-refractivity contribution in [2.24, 2.45) is 0 Å². The zero-order valence-electron chi connectivity index (χ0n) is 19.9. The third kappa shape index (κ3) is 4.60. The highest BCUT2D eigenvalue weighted by atomic mass is 16.5. The third-order valence-corrected chi connectivity index (χ3v) is 7.01. The quantitative estimate of drug-likeness (QED) is 0.507. The van der Waals surface area contributed by atoms with Gasteiger partial charge < -0.3 is 14.4 Å². The van der Waals surface area contributed by atoms with Crippen molar-refractivity contribution in [3.05, 3.63) is 83.2 Å². The number of morpholine rings is 1. The lowest BCUT2D eigenvalue weighted by Crippen LogP contribution is -2.49. The lowest BCUT2D eigenvalue weighted by atomic mass is 9.60. The molecule has 0 radical (unpaired) electrons. The molecule has 2 fully saturated rings. The van der Waals surface area contributed by atoms with Crippen molar-refractivity contribution in [1.29, 1.82) is 0 Å². The molecule has 5 nitrogen and oxygen atoms in total. The first kappa shape index (κ1) is 21.9. The van der Waals surface area contributed by atoms with Crippen LogP contribution in [0.4, 0.5) is 5.95 Å². The molecule has 2 aromatic carbocycles. The smallest absolute Gasteiger partial charge is 0.225 e. The molecule has 1 saturated carbocycles. The van der Waals surface area contributed by atoms with Gasteiger partial charge in [0.25, 0.3) is 0 Å². The van der Waals surface area contributed by atoms with Crippen LogP contribution in [-0.4, -0.2) is 35.3 Å². The fourth-order valence-electron chi connectivity index (χ4n) is 4.98. The normalized spacial score (nSPS) is 19.1. The number of rotatable bonds is 6. The standard InChI is InChI=1S/C28H33N3O2/c1-21-5-7-22(8-6-21)28(14-4-15-28)23-9-11-25(12-10-23)32-19-24-13-16-29-26(30-24)31-17-18-33-27(2,3)20-31/h5-13,16H,4,14-15,17-20H2,1-3H3. The number of benzene rings is 2. The summed E-state index contributed by atoms with van der Waals surface area (Å²) in [4.78, 5) is 11.4. The van der Waals surface area contributed by atoms with E-state index in [0.717, 1.165) is 30.5 Å². The summed E-state index contributed by atoms with van der Waals surface area (Å²) in [7, 11) is 0. The van der Waals surface area contributed by atoms with Crippen molar-refractivity contribution >= 4 is 5.95 Å². The molecule has 172 valence electrons. The second-order valence-electron chi connectivity index (χ2n) is 9.99. The molecule has 1 aliphatic carbocycles. The number of hydrogen-bond donors (Lipinski definition) is 0. The lowest BCUT2D eigenvalue weighted by Gasteiger charge is -2.43. The Hall–Kier alpha value is -2.92. The lowest BCUT2D eigenvalue weighted by molar-refractivity contribution is -0.0281. The molecule has 0 bridgehead atoms. The summed E-state index contributed by atoms with van der Waals surface area (Å²) in [5.74, 6) is 1.61. The van der Waals surface area contributed by atoms with Gasteiger partial charge >= 0.3 is 0 Å². The van der Waals surface area contributed by atoms with Gasteiger partial charge in [-0.2, -0.15) is 0 Å². The largest absolute Gasteiger partial charge is 0.487 e. The molecule has 0 unspecified atom stereocenters. The van der Waals surface area contributed by atoms with Gasteiger partial charge in [0.15, 0.2) is 0 Å². The Morgan fingerprint density at radius 1 is 0.970 bits per heavy atom. The summed E-state index contributed by atoms with van der Waals surface area (Å²) < 4.78 is 11.9. The first-order valence-corrected chi connectivity index (χ1v) is 11.9. The van der Waals surface area contributed by atoms with Gasteiger partial charge in [-0.25, -0.2) is 9.97 Å². The van der Waals surface area contributed by atoms with Gasteiger partial charge in [0.1, 0.15) is 12.4 Å². The molecule has 2 aliphatic rings. The minimum Gasteiger partial charge on any atom is -0.487 e. The van der Waals surface area contributed by atoms with E-state index < -0.39 is 0 Å². The maximum absolute atomic E-state index is 6.08. The van der Waals surface area contributed by atoms with E-state index >= 15 is 0 Å². The van der Waals surface area contributed by atoms with Crippen molar-refractivity contribution in [3.63, 3.8) is 0 Å². The third-order valence-electron chi connectivity index (χ3n) is 7.01. The topological polar surface area (TPSA) is 47.5 Å². The first-order valence-electron chi connectivity index (χ1n) is 11.9. The van der Waals surface area contributed by atoms with Gasteiger partial charge in [-0.3, -0.25) is 0 Å². The Morgan fingerprint density at radius 3 is 2.30 bits per heavy atom. The fourth-order valence-corrected chi connectivity index (χ4v) is 4.98. The summed E-state index contributed by atoms with van der Waals surface area (Å²) in [6, 6.07) is 19.6. The van der Waals surface area contributed by atoms with E-state index in [2.05, 4.69) is 79.2 Å². The molecule has 0 amide bonds. The first-order chi connectivity index (χ1) is 15.9. The van der Waals surface area contributed by atoms with Crippen molar-refractivity contribution in [3.8, 4) is 5.75 Å². The molecule has 0 spiro atoms. The molecule has 5 heteroatoms. The molecule has 2 heterocycles. The number of hydrogen-bond acceptors (Lipinski definition) is 5. The monoisotopic (exact) mass is 443 g/mol. The molecule has 5 rings (SSSR count). The summed E-state index contributed by atoms with van der Waals surface area (Å²) >= 11 is 0. The van der Waals surface area contributed by atoms with Crippen molar-refractivity contribution in [1.82, 2.24) is 9.97 Å². The van der Waals surface area contributed by atoms with Crippen molar-refractivity contribution < 1.29 is 9.47 Å². The van der Waals surface area contributed by atoms with Crippen LogP contribution < -0.4 is 9.64 Å². The van der Waals surface area contributed by atoms with Gasteiger partial charge in [0, 0.05) is 24.7 Å². The van der Waals surface area contributed by atoms with E-state index in [9.17, 15) is 0 Å². The molecule has 3 aromatic rings. The van der Waals surface area contributed by atoms with E-state index in [1.807, 2.05) is 12.3 Å². The minimum atomic E-state index is -0.188. The van der Waals surface area contributed by atoms with Gasteiger partial charge in [0.2, 0.25) is 5.95 Å².